The van der Waals surface area contributed by atoms with Crippen molar-refractivity contribution in [3.63, 3.8) is 0 Å². The van der Waals surface area contributed by atoms with Crippen LogP contribution < -0.4 is 14.3 Å². The predicted molar refractivity (Wildman–Crippen MR) is 123 cm³/mol. The number of pyridine rings is 1. The van der Waals surface area contributed by atoms with Crippen molar-refractivity contribution in [1.82, 2.24) is 4.98 Å². The van der Waals surface area contributed by atoms with E-state index < -0.39 is 32.5 Å². The molecule has 0 saturated heterocycles. The molecule has 9 nitrogen and oxygen atoms in total. The fraction of sp³-hybridized carbons (Fsp3) is 0.143. The first-order valence-electron chi connectivity index (χ1n) is 9.42. The van der Waals surface area contributed by atoms with E-state index in [0.29, 0.717) is 17.1 Å². The number of amides is 1. The van der Waals surface area contributed by atoms with Crippen LogP contribution in [0.3, 0.4) is 0 Å². The summed E-state index contributed by atoms with van der Waals surface area (Å²) in [4.78, 5) is 16.3. The molecule has 1 aromatic heterocycles. The monoisotopic (exact) mass is 474 g/mol. The Bertz CT molecular complexity index is 1310. The van der Waals surface area contributed by atoms with Gasteiger partial charge in [-0.1, -0.05) is 12.1 Å². The molecule has 0 saturated carbocycles. The molecule has 0 fully saturated rings. The number of nitrogens with zero attached hydrogens (tertiary/aromatic N) is 2. The molecule has 0 bridgehead atoms. The van der Waals surface area contributed by atoms with Crippen LogP contribution in [0.25, 0.3) is 0 Å². The number of aryl methyl sites for hydroxylation is 1. The van der Waals surface area contributed by atoms with E-state index in [1.807, 2.05) is 13.0 Å². The smallest absolute Gasteiger partial charge is 0.261 e. The molecule has 168 valence electrons. The van der Waals surface area contributed by atoms with Crippen molar-refractivity contribution in [3.05, 3.63) is 78.6 Å². The number of hydrogen-bond donors (Lipinski definition) is 2. The Morgan fingerprint density at radius 1 is 0.969 bits per heavy atom. The van der Waals surface area contributed by atoms with Crippen LogP contribution in [0.15, 0.2) is 78.0 Å². The largest absolute Gasteiger partial charge is 0.325 e. The van der Waals surface area contributed by atoms with Crippen molar-refractivity contribution in [1.29, 1.82) is 0 Å². The van der Waals surface area contributed by atoms with Crippen LogP contribution in [0.4, 0.5) is 17.1 Å². The molecule has 3 aromatic rings. The lowest BCUT2D eigenvalue weighted by molar-refractivity contribution is -0.114. The summed E-state index contributed by atoms with van der Waals surface area (Å²) in [7, 11) is -7.53. The van der Waals surface area contributed by atoms with E-state index in [2.05, 4.69) is 15.0 Å². The number of sulfonamides is 2. The summed E-state index contributed by atoms with van der Waals surface area (Å²) in [5, 5.41) is 2.59. The lowest BCUT2D eigenvalue weighted by atomic mass is 10.2. The molecule has 0 unspecified atom stereocenters. The maximum absolute atomic E-state index is 12.5. The highest BCUT2D eigenvalue weighted by Crippen LogP contribution is 2.20. The first-order chi connectivity index (χ1) is 15.0. The number of nitrogens with one attached hydrogen (secondary N) is 2. The average molecular weight is 475 g/mol. The zero-order valence-electron chi connectivity index (χ0n) is 17.4. The Morgan fingerprint density at radius 3 is 2.28 bits per heavy atom. The van der Waals surface area contributed by atoms with Gasteiger partial charge >= 0.3 is 0 Å². The Hall–Kier alpha value is -3.44. The number of carbonyl (C=O) groups excluding carboxylic acids is 1. The van der Waals surface area contributed by atoms with Gasteiger partial charge in [-0.05, 0) is 61.0 Å². The quantitative estimate of drug-likeness (QED) is 0.517. The second kappa shape index (κ2) is 9.37. The normalized spacial score (nSPS) is 11.6. The molecule has 2 N–H and O–H groups in total. The molecule has 0 aliphatic rings. The predicted octanol–water partition coefficient (Wildman–Crippen LogP) is 2.60. The van der Waals surface area contributed by atoms with Crippen LogP contribution in [0.5, 0.6) is 0 Å². The van der Waals surface area contributed by atoms with Crippen molar-refractivity contribution < 1.29 is 21.6 Å². The minimum absolute atomic E-state index is 0.00289. The molecule has 0 aliphatic carbocycles. The average Bonchev–Trinajstić information content (AvgIpc) is 2.72. The third-order valence-electron chi connectivity index (χ3n) is 4.34. The number of hydrogen-bond acceptors (Lipinski definition) is 6. The van der Waals surface area contributed by atoms with Gasteiger partial charge in [0.05, 0.1) is 28.7 Å². The first kappa shape index (κ1) is 23.2. The minimum atomic E-state index is -3.83. The minimum Gasteiger partial charge on any atom is -0.325 e. The number of aromatic nitrogens is 1. The molecule has 1 heterocycles. The van der Waals surface area contributed by atoms with E-state index >= 15 is 0 Å². The number of carbonyl (C=O) groups is 1. The van der Waals surface area contributed by atoms with E-state index in [1.54, 1.807) is 30.3 Å². The van der Waals surface area contributed by atoms with Crippen LogP contribution in [0.2, 0.25) is 0 Å². The molecule has 0 aliphatic heterocycles. The van der Waals surface area contributed by atoms with Gasteiger partial charge in [-0.25, -0.2) is 16.8 Å². The highest BCUT2D eigenvalue weighted by molar-refractivity contribution is 7.92. The zero-order valence-corrected chi connectivity index (χ0v) is 19.0. The van der Waals surface area contributed by atoms with Crippen molar-refractivity contribution in [2.75, 3.05) is 27.1 Å². The van der Waals surface area contributed by atoms with Gasteiger partial charge in [0.2, 0.25) is 15.9 Å². The first-order valence-corrected chi connectivity index (χ1v) is 12.7. The summed E-state index contributed by atoms with van der Waals surface area (Å²) in [6.45, 7) is 1.40. The zero-order chi connectivity index (χ0) is 23.4. The van der Waals surface area contributed by atoms with Gasteiger partial charge in [-0.2, -0.15) is 0 Å². The fourth-order valence-corrected chi connectivity index (χ4v) is 4.76. The number of rotatable bonds is 8. The summed E-state index contributed by atoms with van der Waals surface area (Å²) >= 11 is 0. The summed E-state index contributed by atoms with van der Waals surface area (Å²) in [5.41, 5.74) is 1.88. The van der Waals surface area contributed by atoms with Crippen molar-refractivity contribution in [2.45, 2.75) is 11.8 Å². The lowest BCUT2D eigenvalue weighted by Crippen LogP contribution is -2.37. The topological polar surface area (TPSA) is 126 Å². The third-order valence-corrected chi connectivity index (χ3v) is 6.88. The highest BCUT2D eigenvalue weighted by atomic mass is 32.2. The Balaban J connectivity index is 1.71. The Kier molecular flexibility index (Phi) is 6.80. The molecule has 11 heteroatoms. The summed E-state index contributed by atoms with van der Waals surface area (Å²) in [5.74, 6) is -0.568. The summed E-state index contributed by atoms with van der Waals surface area (Å²) in [6.07, 6.45) is 3.94. The second-order valence-corrected chi connectivity index (χ2v) is 10.6. The number of anilines is 3. The molecule has 2 aromatic carbocycles. The van der Waals surface area contributed by atoms with Crippen molar-refractivity contribution in [3.8, 4) is 0 Å². The van der Waals surface area contributed by atoms with Crippen molar-refractivity contribution >= 4 is 43.0 Å². The summed E-state index contributed by atoms with van der Waals surface area (Å²) in [6, 6.07) is 15.5. The third kappa shape index (κ3) is 6.05. The van der Waals surface area contributed by atoms with Gasteiger partial charge in [0.1, 0.15) is 6.54 Å². The SMILES string of the molecule is Cc1cccc(N(CC(=O)Nc2ccc(S(=O)(=O)Nc3cccnc3)cc2)S(C)(=O)=O)c1. The van der Waals surface area contributed by atoms with Gasteiger partial charge in [-0.15, -0.1) is 0 Å². The van der Waals surface area contributed by atoms with E-state index in [-0.39, 0.29) is 4.90 Å². The van der Waals surface area contributed by atoms with Crippen LogP contribution in [-0.2, 0) is 24.8 Å². The van der Waals surface area contributed by atoms with Gasteiger partial charge in [-0.3, -0.25) is 18.8 Å². The fourth-order valence-electron chi connectivity index (χ4n) is 2.87. The molecule has 3 rings (SSSR count). The van der Waals surface area contributed by atoms with E-state index in [0.717, 1.165) is 16.1 Å². The molecule has 0 spiro atoms. The number of benzene rings is 2. The Morgan fingerprint density at radius 2 is 1.69 bits per heavy atom. The van der Waals surface area contributed by atoms with Crippen molar-refractivity contribution in [2.24, 2.45) is 0 Å². The Labute approximate surface area is 187 Å². The van der Waals surface area contributed by atoms with E-state index in [9.17, 15) is 21.6 Å². The standard InChI is InChI=1S/C21H22N4O5S2/c1-16-5-3-7-19(13-16)25(31(2,27)28)15-21(26)23-17-8-10-20(11-9-17)32(29,30)24-18-6-4-12-22-14-18/h3-14,24H,15H2,1-2H3,(H,23,26). The lowest BCUT2D eigenvalue weighted by Gasteiger charge is -2.22. The maximum atomic E-state index is 12.5. The van der Waals surface area contributed by atoms with Gasteiger partial charge in [0, 0.05) is 11.9 Å². The van der Waals surface area contributed by atoms with Crippen LogP contribution in [-0.4, -0.2) is 40.5 Å². The van der Waals surface area contributed by atoms with E-state index in [1.165, 1.54) is 36.7 Å². The van der Waals surface area contributed by atoms with Gasteiger partial charge in [0.25, 0.3) is 10.0 Å². The molecule has 0 radical (unpaired) electrons. The highest BCUT2D eigenvalue weighted by Gasteiger charge is 2.21. The molecule has 0 atom stereocenters. The summed E-state index contributed by atoms with van der Waals surface area (Å²) < 4.78 is 52.8. The van der Waals surface area contributed by atoms with Crippen LogP contribution >= 0.6 is 0 Å². The van der Waals surface area contributed by atoms with Crippen LogP contribution in [0.1, 0.15) is 5.56 Å². The van der Waals surface area contributed by atoms with Gasteiger partial charge in [0.15, 0.2) is 0 Å². The molecular weight excluding hydrogens is 452 g/mol. The van der Waals surface area contributed by atoms with E-state index in [4.69, 9.17) is 0 Å². The second-order valence-electron chi connectivity index (χ2n) is 7.03. The maximum Gasteiger partial charge on any atom is 0.261 e. The van der Waals surface area contributed by atoms with Gasteiger partial charge < -0.3 is 5.32 Å². The molecular formula is C21H22N4O5S2. The molecule has 1 amide bonds. The van der Waals surface area contributed by atoms with Crippen LogP contribution in [0, 0.1) is 6.92 Å². The molecule has 32 heavy (non-hydrogen) atoms.